The highest BCUT2D eigenvalue weighted by atomic mass is 15.3. The van der Waals surface area contributed by atoms with Crippen molar-refractivity contribution in [2.75, 3.05) is 16.8 Å². The summed E-state index contributed by atoms with van der Waals surface area (Å²) in [5, 5.41) is 4.82. The molecule has 0 atom stereocenters. The first kappa shape index (κ1) is 40.5. The molecule has 0 fully saturated rings. The topological polar surface area (TPSA) is 42.1 Å². The van der Waals surface area contributed by atoms with E-state index in [2.05, 4.69) is 250 Å². The van der Waals surface area contributed by atoms with Crippen LogP contribution in [0.3, 0.4) is 0 Å². The molecule has 0 radical (unpaired) electrons. The van der Waals surface area contributed by atoms with Crippen molar-refractivity contribution < 1.29 is 0 Å². The molecule has 334 valence electrons. The lowest BCUT2D eigenvalue weighted by atomic mass is 9.98. The van der Waals surface area contributed by atoms with Crippen LogP contribution in [0, 0.1) is 0 Å². The van der Waals surface area contributed by atoms with Crippen molar-refractivity contribution in [3.8, 4) is 56.4 Å². The molecule has 4 heterocycles. The SMILES string of the molecule is CN1c2ccccc2N(c2c(-n3c4ccccc4c4ccccc43)cc(-c3ccc(-c4cc(-c5ccccc5)nc(-c5ccccc5)n4)cc3)cc2-n2c3ccccc3c3ccccc32)c2ccccc21. The van der Waals surface area contributed by atoms with Gasteiger partial charge in [-0.1, -0.05) is 182 Å². The minimum Gasteiger partial charge on any atom is -0.341 e. The van der Waals surface area contributed by atoms with Gasteiger partial charge in [-0.3, -0.25) is 0 Å². The zero-order valence-electron chi connectivity index (χ0n) is 38.9. The maximum absolute atomic E-state index is 5.19. The van der Waals surface area contributed by atoms with Crippen molar-refractivity contribution in [1.29, 1.82) is 0 Å². The number of anilines is 5. The Morgan fingerprint density at radius 2 is 0.634 bits per heavy atom. The van der Waals surface area contributed by atoms with Crippen LogP contribution >= 0.6 is 0 Å². The van der Waals surface area contributed by atoms with Crippen LogP contribution in [-0.2, 0) is 0 Å². The third-order valence-electron chi connectivity index (χ3n) is 14.2. The van der Waals surface area contributed by atoms with E-state index < -0.39 is 0 Å². The molecule has 14 rings (SSSR count). The van der Waals surface area contributed by atoms with Gasteiger partial charge in [-0.05, 0) is 77.9 Å². The number of hydrogen-bond donors (Lipinski definition) is 0. The van der Waals surface area contributed by atoms with Crippen LogP contribution in [-0.4, -0.2) is 26.1 Å². The molecule has 1 aliphatic heterocycles. The third-order valence-corrected chi connectivity index (χ3v) is 14.2. The van der Waals surface area contributed by atoms with E-state index in [0.29, 0.717) is 5.82 Å². The molecule has 3 aromatic heterocycles. The Morgan fingerprint density at radius 1 is 0.282 bits per heavy atom. The maximum Gasteiger partial charge on any atom is 0.160 e. The van der Waals surface area contributed by atoms with Gasteiger partial charge in [0, 0.05) is 45.3 Å². The Kier molecular flexibility index (Phi) is 9.32. The number of para-hydroxylation sites is 8. The molecule has 0 N–H and O–H groups in total. The number of rotatable bonds is 7. The van der Waals surface area contributed by atoms with Gasteiger partial charge in [0.15, 0.2) is 5.82 Å². The Hall–Kier alpha value is -9.52. The van der Waals surface area contributed by atoms with E-state index in [9.17, 15) is 0 Å². The lowest BCUT2D eigenvalue weighted by Crippen LogP contribution is -2.25. The van der Waals surface area contributed by atoms with Gasteiger partial charge in [0.2, 0.25) is 0 Å². The van der Waals surface area contributed by atoms with E-state index in [1.165, 1.54) is 21.5 Å². The Morgan fingerprint density at radius 3 is 1.08 bits per heavy atom. The van der Waals surface area contributed by atoms with Gasteiger partial charge in [-0.2, -0.15) is 0 Å². The molecule has 71 heavy (non-hydrogen) atoms. The summed E-state index contributed by atoms with van der Waals surface area (Å²) in [4.78, 5) is 15.1. The van der Waals surface area contributed by atoms with Gasteiger partial charge in [-0.15, -0.1) is 0 Å². The van der Waals surface area contributed by atoms with Crippen molar-refractivity contribution in [1.82, 2.24) is 19.1 Å². The molecule has 13 aromatic rings. The van der Waals surface area contributed by atoms with E-state index in [1.54, 1.807) is 0 Å². The average Bonchev–Trinajstić information content (AvgIpc) is 3.96. The summed E-state index contributed by atoms with van der Waals surface area (Å²) in [6.07, 6.45) is 0. The summed E-state index contributed by atoms with van der Waals surface area (Å²) in [7, 11) is 2.18. The van der Waals surface area contributed by atoms with Crippen LogP contribution < -0.4 is 9.80 Å². The van der Waals surface area contributed by atoms with Gasteiger partial charge >= 0.3 is 0 Å². The van der Waals surface area contributed by atoms with Crippen LogP contribution in [0.4, 0.5) is 28.4 Å². The van der Waals surface area contributed by atoms with Crippen molar-refractivity contribution in [3.05, 3.63) is 249 Å². The predicted octanol–water partition coefficient (Wildman–Crippen LogP) is 16.9. The first-order chi connectivity index (χ1) is 35.2. The molecule has 6 nitrogen and oxygen atoms in total. The van der Waals surface area contributed by atoms with Crippen molar-refractivity contribution in [2.45, 2.75) is 0 Å². The molecule has 0 saturated carbocycles. The Labute approximate surface area is 411 Å². The molecule has 6 heteroatoms. The second kappa shape index (κ2) is 16.3. The lowest BCUT2D eigenvalue weighted by Gasteiger charge is -2.40. The summed E-state index contributed by atoms with van der Waals surface area (Å²) in [6.45, 7) is 0. The summed E-state index contributed by atoms with van der Waals surface area (Å²) >= 11 is 0. The average molecular weight is 909 g/mol. The number of aromatic nitrogens is 4. The minimum absolute atomic E-state index is 0.695. The largest absolute Gasteiger partial charge is 0.341 e. The molecular weight excluding hydrogens is 865 g/mol. The van der Waals surface area contributed by atoms with Gasteiger partial charge < -0.3 is 18.9 Å². The van der Waals surface area contributed by atoms with Crippen LogP contribution in [0.15, 0.2) is 249 Å². The number of fused-ring (bicyclic) bond motifs is 8. The molecule has 0 unspecified atom stereocenters. The van der Waals surface area contributed by atoms with Crippen LogP contribution in [0.2, 0.25) is 0 Å². The second-order valence-corrected chi connectivity index (χ2v) is 18.2. The van der Waals surface area contributed by atoms with Gasteiger partial charge in [-0.25, -0.2) is 9.97 Å². The standard InChI is InChI=1S/C65H44N6/c1-68-58-32-16-18-34-60(58)71(61-35-19-17-33-59(61)68)64-62(69-54-28-12-8-24-48(54)49-25-9-13-29-55(49)69)40-47(41-63(64)70-56-30-14-10-26-50(56)51-27-11-15-31-57(51)70)43-36-38-45(39-37-43)53-42-52(44-20-4-2-5-21-44)66-65(67-53)46-22-6-3-7-23-46/h2-42H,1H3. The van der Waals surface area contributed by atoms with E-state index in [4.69, 9.17) is 9.97 Å². The molecule has 10 aromatic carbocycles. The number of hydrogen-bond acceptors (Lipinski definition) is 4. The van der Waals surface area contributed by atoms with Crippen molar-refractivity contribution in [2.24, 2.45) is 0 Å². The van der Waals surface area contributed by atoms with Crippen molar-refractivity contribution in [3.63, 3.8) is 0 Å². The summed E-state index contributed by atoms with van der Waals surface area (Å²) in [5.41, 5.74) is 19.2. The van der Waals surface area contributed by atoms with E-state index in [0.717, 1.165) is 101 Å². The lowest BCUT2D eigenvalue weighted by molar-refractivity contribution is 1.08. The van der Waals surface area contributed by atoms with E-state index in [1.807, 2.05) is 24.3 Å². The second-order valence-electron chi connectivity index (χ2n) is 18.2. The maximum atomic E-state index is 5.19. The fraction of sp³-hybridized carbons (Fsp3) is 0.0154. The molecule has 0 saturated heterocycles. The number of nitrogens with zero attached hydrogens (tertiary/aromatic N) is 6. The highest BCUT2D eigenvalue weighted by Gasteiger charge is 2.33. The fourth-order valence-corrected chi connectivity index (χ4v) is 11.0. The summed E-state index contributed by atoms with van der Waals surface area (Å²) in [6, 6.07) is 89.4. The third kappa shape index (κ3) is 6.49. The normalized spacial score (nSPS) is 12.2. The molecular formula is C65H44N6. The molecule has 0 amide bonds. The molecule has 0 bridgehead atoms. The Bertz CT molecular complexity index is 3840. The highest BCUT2D eigenvalue weighted by Crippen LogP contribution is 2.55. The molecule has 0 aliphatic carbocycles. The summed E-state index contributed by atoms with van der Waals surface area (Å²) < 4.78 is 4.99. The predicted molar refractivity (Wildman–Crippen MR) is 295 cm³/mol. The number of benzene rings is 10. The monoisotopic (exact) mass is 908 g/mol. The van der Waals surface area contributed by atoms with Crippen LogP contribution in [0.25, 0.3) is 100 Å². The molecule has 1 aliphatic rings. The van der Waals surface area contributed by atoms with E-state index >= 15 is 0 Å². The van der Waals surface area contributed by atoms with Gasteiger partial charge in [0.1, 0.15) is 0 Å². The highest BCUT2D eigenvalue weighted by molar-refractivity contribution is 6.13. The van der Waals surface area contributed by atoms with Crippen molar-refractivity contribution >= 4 is 72.0 Å². The Balaban J connectivity index is 1.08. The minimum atomic E-state index is 0.695. The molecule has 0 spiro atoms. The van der Waals surface area contributed by atoms with E-state index in [-0.39, 0.29) is 0 Å². The first-order valence-corrected chi connectivity index (χ1v) is 24.1. The smallest absolute Gasteiger partial charge is 0.160 e. The zero-order chi connectivity index (χ0) is 47.0. The van der Waals surface area contributed by atoms with Gasteiger partial charge in [0.25, 0.3) is 0 Å². The zero-order valence-corrected chi connectivity index (χ0v) is 38.9. The van der Waals surface area contributed by atoms with Gasteiger partial charge in [0.05, 0.1) is 73.3 Å². The quantitative estimate of drug-likeness (QED) is 0.160. The van der Waals surface area contributed by atoms with Crippen LogP contribution in [0.5, 0.6) is 0 Å². The van der Waals surface area contributed by atoms with Crippen LogP contribution in [0.1, 0.15) is 0 Å². The fourth-order valence-electron chi connectivity index (χ4n) is 11.0. The first-order valence-electron chi connectivity index (χ1n) is 24.1. The summed E-state index contributed by atoms with van der Waals surface area (Å²) in [5.74, 6) is 0.695.